The van der Waals surface area contributed by atoms with Crippen LogP contribution in [0.2, 0.25) is 0 Å². The summed E-state index contributed by atoms with van der Waals surface area (Å²) in [5, 5.41) is 42.5. The molecule has 6 heteroatoms. The highest BCUT2D eigenvalue weighted by molar-refractivity contribution is 5.72. The van der Waals surface area contributed by atoms with Gasteiger partial charge in [0, 0.05) is 7.11 Å². The molecule has 4 fully saturated rings. The van der Waals surface area contributed by atoms with Gasteiger partial charge in [0.05, 0.1) is 18.3 Å². The van der Waals surface area contributed by atoms with Gasteiger partial charge in [-0.2, -0.15) is 0 Å². The molecule has 31 heavy (non-hydrogen) atoms. The average Bonchev–Trinajstić information content (AvgIpc) is 3.06. The van der Waals surface area contributed by atoms with Crippen molar-refractivity contribution in [2.75, 3.05) is 7.11 Å². The Morgan fingerprint density at radius 1 is 1.06 bits per heavy atom. The van der Waals surface area contributed by atoms with Crippen LogP contribution in [0.4, 0.5) is 0 Å². The Morgan fingerprint density at radius 2 is 1.77 bits per heavy atom. The van der Waals surface area contributed by atoms with Crippen LogP contribution in [-0.4, -0.2) is 57.9 Å². The Labute approximate surface area is 186 Å². The number of rotatable bonds is 5. The first-order valence-corrected chi connectivity index (χ1v) is 12.3. The van der Waals surface area contributed by atoms with Crippen LogP contribution in [0.15, 0.2) is 0 Å². The Morgan fingerprint density at radius 3 is 2.42 bits per heavy atom. The summed E-state index contributed by atoms with van der Waals surface area (Å²) in [5.41, 5.74) is -0.241. The summed E-state index contributed by atoms with van der Waals surface area (Å²) >= 11 is 0. The van der Waals surface area contributed by atoms with E-state index in [0.717, 1.165) is 38.5 Å². The van der Waals surface area contributed by atoms with Gasteiger partial charge in [0.25, 0.3) is 0 Å². The number of carboxylic acid groups (broad SMARTS) is 1. The fourth-order valence-electron chi connectivity index (χ4n) is 8.93. The van der Waals surface area contributed by atoms with E-state index in [1.54, 1.807) is 0 Å². The zero-order valence-corrected chi connectivity index (χ0v) is 19.5. The molecule has 0 saturated heterocycles. The predicted molar refractivity (Wildman–Crippen MR) is 116 cm³/mol. The predicted octanol–water partition coefficient (Wildman–Crippen LogP) is 3.07. The maximum atomic E-state index is 11.6. The molecule has 12 atom stereocenters. The molecule has 4 aliphatic rings. The number of fused-ring (bicyclic) bond motifs is 5. The first-order valence-electron chi connectivity index (χ1n) is 12.3. The topological polar surface area (TPSA) is 107 Å². The molecule has 0 bridgehead atoms. The van der Waals surface area contributed by atoms with Gasteiger partial charge in [-0.3, -0.25) is 0 Å². The van der Waals surface area contributed by atoms with E-state index in [2.05, 4.69) is 20.8 Å². The molecule has 0 radical (unpaired) electrons. The van der Waals surface area contributed by atoms with Crippen molar-refractivity contribution in [2.45, 2.75) is 96.6 Å². The molecule has 0 aliphatic heterocycles. The second kappa shape index (κ2) is 8.27. The van der Waals surface area contributed by atoms with Crippen molar-refractivity contribution in [3.8, 4) is 0 Å². The van der Waals surface area contributed by atoms with Crippen molar-refractivity contribution in [1.29, 1.82) is 0 Å². The van der Waals surface area contributed by atoms with Crippen molar-refractivity contribution in [2.24, 2.45) is 46.3 Å². The molecule has 4 N–H and O–H groups in total. The first kappa shape index (κ1) is 23.5. The van der Waals surface area contributed by atoms with E-state index in [1.807, 2.05) is 0 Å². The Balaban J connectivity index is 1.60. The summed E-state index contributed by atoms with van der Waals surface area (Å²) in [6.07, 6.45) is 4.48. The van der Waals surface area contributed by atoms with Crippen molar-refractivity contribution >= 4 is 5.97 Å². The minimum atomic E-state index is -0.931. The summed E-state index contributed by atoms with van der Waals surface area (Å²) in [6.45, 7) is 6.64. The van der Waals surface area contributed by atoms with E-state index < -0.39 is 18.2 Å². The summed E-state index contributed by atoms with van der Waals surface area (Å²) in [5.74, 6) is 0.436. The van der Waals surface area contributed by atoms with E-state index in [9.17, 15) is 25.2 Å². The van der Waals surface area contributed by atoms with Gasteiger partial charge in [0.15, 0.2) is 6.10 Å². The number of aliphatic carboxylic acids is 1. The number of ether oxygens (including phenoxy) is 1. The third-order valence-electron chi connectivity index (χ3n) is 10.7. The van der Waals surface area contributed by atoms with E-state index in [1.165, 1.54) is 7.11 Å². The monoisotopic (exact) mass is 438 g/mol. The summed E-state index contributed by atoms with van der Waals surface area (Å²) in [7, 11) is 1.45. The molecule has 178 valence electrons. The largest absolute Gasteiger partial charge is 0.479 e. The number of methoxy groups -OCH3 is 1. The normalized spacial score (nSPS) is 51.3. The van der Waals surface area contributed by atoms with Crippen LogP contribution in [0, 0.1) is 46.3 Å². The minimum Gasteiger partial charge on any atom is -0.479 e. The van der Waals surface area contributed by atoms with Gasteiger partial charge in [-0.05, 0) is 97.7 Å². The van der Waals surface area contributed by atoms with E-state index in [-0.39, 0.29) is 52.6 Å². The zero-order valence-electron chi connectivity index (χ0n) is 19.5. The Kier molecular flexibility index (Phi) is 6.26. The van der Waals surface area contributed by atoms with Crippen molar-refractivity contribution < 1.29 is 30.0 Å². The van der Waals surface area contributed by atoms with Crippen LogP contribution in [0.25, 0.3) is 0 Å². The van der Waals surface area contributed by atoms with Gasteiger partial charge < -0.3 is 25.2 Å². The molecule has 0 unspecified atom stereocenters. The zero-order chi connectivity index (χ0) is 22.7. The van der Waals surface area contributed by atoms with E-state index in [0.29, 0.717) is 18.8 Å². The molecular formula is C25H42O6. The molecule has 4 rings (SSSR count). The molecular weight excluding hydrogens is 396 g/mol. The molecule has 0 amide bonds. The third-order valence-corrected chi connectivity index (χ3v) is 10.7. The maximum Gasteiger partial charge on any atom is 0.332 e. The molecule has 0 spiro atoms. The van der Waals surface area contributed by atoms with Crippen LogP contribution in [-0.2, 0) is 9.53 Å². The number of hydrogen-bond donors (Lipinski definition) is 4. The van der Waals surface area contributed by atoms with Gasteiger partial charge in [-0.25, -0.2) is 4.79 Å². The second-order valence-corrected chi connectivity index (χ2v) is 11.8. The van der Waals surface area contributed by atoms with Crippen LogP contribution in [0.1, 0.15) is 72.1 Å². The van der Waals surface area contributed by atoms with E-state index in [4.69, 9.17) is 4.74 Å². The second-order valence-electron chi connectivity index (χ2n) is 11.8. The summed E-state index contributed by atoms with van der Waals surface area (Å²) in [4.78, 5) is 11.5. The maximum absolute atomic E-state index is 11.6. The molecule has 4 saturated carbocycles. The van der Waals surface area contributed by atoms with Crippen LogP contribution >= 0.6 is 0 Å². The molecule has 0 heterocycles. The van der Waals surface area contributed by atoms with Crippen molar-refractivity contribution in [1.82, 2.24) is 0 Å². The minimum absolute atomic E-state index is 0.0690. The lowest BCUT2D eigenvalue weighted by Gasteiger charge is -2.63. The number of carboxylic acids is 1. The van der Waals surface area contributed by atoms with Gasteiger partial charge in [0.1, 0.15) is 0 Å². The van der Waals surface area contributed by atoms with Crippen LogP contribution < -0.4 is 0 Å². The smallest absolute Gasteiger partial charge is 0.332 e. The Bertz CT molecular complexity index is 683. The lowest BCUT2D eigenvalue weighted by atomic mass is 9.43. The molecule has 0 aromatic carbocycles. The summed E-state index contributed by atoms with van der Waals surface area (Å²) < 4.78 is 5.20. The lowest BCUT2D eigenvalue weighted by Crippen LogP contribution is -2.62. The van der Waals surface area contributed by atoms with E-state index >= 15 is 0 Å². The van der Waals surface area contributed by atoms with Gasteiger partial charge in [-0.15, -0.1) is 0 Å². The highest BCUT2D eigenvalue weighted by atomic mass is 16.5. The Hall–Kier alpha value is -0.690. The van der Waals surface area contributed by atoms with Crippen LogP contribution in [0.3, 0.4) is 0 Å². The van der Waals surface area contributed by atoms with Gasteiger partial charge in [-0.1, -0.05) is 20.8 Å². The number of carbonyl (C=O) groups is 1. The fourth-order valence-corrected chi connectivity index (χ4v) is 8.93. The lowest BCUT2D eigenvalue weighted by molar-refractivity contribution is -0.207. The standard InChI is InChI=1S/C25H42O6/c1-13(9-20(31-4)23(29)30)16-5-6-17-22-18(12-21(28)25(16,17)3)24(2)8-7-15(26)10-14(24)11-19(22)27/h13-22,26-28H,5-12H2,1-4H3,(H,29,30)/t13-,14+,15-,16-,17+,18+,19-,20+,21+,22+,24+,25-/m1/s1. The third kappa shape index (κ3) is 3.56. The average molecular weight is 439 g/mol. The van der Waals surface area contributed by atoms with Gasteiger partial charge in [0.2, 0.25) is 0 Å². The van der Waals surface area contributed by atoms with Crippen molar-refractivity contribution in [3.63, 3.8) is 0 Å². The first-order chi connectivity index (χ1) is 14.5. The number of aliphatic hydroxyl groups excluding tert-OH is 3. The van der Waals surface area contributed by atoms with Gasteiger partial charge >= 0.3 is 5.97 Å². The highest BCUT2D eigenvalue weighted by Gasteiger charge is 2.65. The molecule has 4 aliphatic carbocycles. The quantitative estimate of drug-likeness (QED) is 0.526. The number of hydrogen-bond acceptors (Lipinski definition) is 5. The van der Waals surface area contributed by atoms with Crippen molar-refractivity contribution in [3.05, 3.63) is 0 Å². The number of aliphatic hydroxyl groups is 3. The molecule has 0 aromatic rings. The van der Waals surface area contributed by atoms with Crippen LogP contribution in [0.5, 0.6) is 0 Å². The summed E-state index contributed by atoms with van der Waals surface area (Å²) in [6, 6.07) is 0. The SMILES string of the molecule is CO[C@@H](C[C@@H](C)[C@H]1CC[C@H]2[C@@H]3[C@H](O)C[C@@H]4C[C@H](O)CC[C@]4(C)[C@H]3C[C@H](O)[C@]12C)C(=O)O. The highest BCUT2D eigenvalue weighted by Crippen LogP contribution is 2.68. The molecule has 6 nitrogen and oxygen atoms in total. The fraction of sp³-hybridized carbons (Fsp3) is 0.960. The molecule has 0 aromatic heterocycles.